The van der Waals surface area contributed by atoms with Crippen molar-refractivity contribution in [2.75, 3.05) is 7.11 Å². The molecule has 4 aromatic rings. The Morgan fingerprint density at radius 1 is 0.846 bits per heavy atom. The van der Waals surface area contributed by atoms with E-state index in [1.807, 2.05) is 48.8 Å². The molecule has 1 aliphatic rings. The van der Waals surface area contributed by atoms with Crippen molar-refractivity contribution < 1.29 is 33.9 Å². The summed E-state index contributed by atoms with van der Waals surface area (Å²) in [4.78, 5) is 39.0. The van der Waals surface area contributed by atoms with Gasteiger partial charge in [-0.15, -0.1) is 0 Å². The van der Waals surface area contributed by atoms with E-state index < -0.39 is 23.2 Å². The van der Waals surface area contributed by atoms with Crippen LogP contribution in [0.4, 0.5) is 0 Å². The van der Waals surface area contributed by atoms with Gasteiger partial charge in [0.05, 0.1) is 18.2 Å². The fourth-order valence-electron chi connectivity index (χ4n) is 5.07. The van der Waals surface area contributed by atoms with Crippen LogP contribution >= 0.6 is 0 Å². The molecule has 0 radical (unpaired) electrons. The molecule has 3 aromatic carbocycles. The van der Waals surface area contributed by atoms with Crippen LogP contribution in [0.3, 0.4) is 0 Å². The predicted molar refractivity (Wildman–Crippen MR) is 142 cm³/mol. The maximum absolute atomic E-state index is 13.5. The molecule has 1 amide bonds. The van der Waals surface area contributed by atoms with Gasteiger partial charge in [-0.2, -0.15) is 0 Å². The summed E-state index contributed by atoms with van der Waals surface area (Å²) >= 11 is 0. The van der Waals surface area contributed by atoms with E-state index in [1.54, 1.807) is 7.11 Å². The Bertz CT molecular complexity index is 1610. The molecule has 196 valence electrons. The molecule has 4 N–H and O–H groups in total. The highest BCUT2D eigenvalue weighted by Crippen LogP contribution is 2.39. The number of rotatable bonds is 8. The van der Waals surface area contributed by atoms with E-state index in [1.165, 1.54) is 18.2 Å². The van der Waals surface area contributed by atoms with Crippen LogP contribution in [0.25, 0.3) is 0 Å². The van der Waals surface area contributed by atoms with Crippen LogP contribution in [0.5, 0.6) is 17.2 Å². The van der Waals surface area contributed by atoms with Gasteiger partial charge in [0.2, 0.25) is 11.7 Å². The van der Waals surface area contributed by atoms with E-state index in [-0.39, 0.29) is 40.0 Å². The maximum Gasteiger partial charge on any atom is 0.249 e. The van der Waals surface area contributed by atoms with Crippen LogP contribution in [-0.2, 0) is 19.4 Å². The van der Waals surface area contributed by atoms with Crippen LogP contribution in [0, 0.1) is 0 Å². The van der Waals surface area contributed by atoms with Crippen molar-refractivity contribution in [2.24, 2.45) is 5.73 Å². The average Bonchev–Trinajstić information content (AvgIpc) is 2.93. The highest BCUT2D eigenvalue weighted by atomic mass is 16.5. The lowest BCUT2D eigenvalue weighted by molar-refractivity contribution is -0.688. The van der Waals surface area contributed by atoms with Gasteiger partial charge in [-0.3, -0.25) is 14.4 Å². The summed E-state index contributed by atoms with van der Waals surface area (Å²) in [5.74, 6) is -2.06. The van der Waals surface area contributed by atoms with Crippen LogP contribution in [-0.4, -0.2) is 34.8 Å². The van der Waals surface area contributed by atoms with Gasteiger partial charge in [0, 0.05) is 34.4 Å². The number of methoxy groups -OCH3 is 1. The number of amides is 1. The van der Waals surface area contributed by atoms with Gasteiger partial charge in [0.25, 0.3) is 0 Å². The number of hydrogen-bond donors (Lipinski definition) is 3. The topological polar surface area (TPSA) is 131 Å². The monoisotopic (exact) mass is 523 g/mol. The zero-order valence-corrected chi connectivity index (χ0v) is 21.3. The fraction of sp³-hybridized carbons (Fsp3) is 0.161. The Labute approximate surface area is 224 Å². The smallest absolute Gasteiger partial charge is 0.249 e. The minimum Gasteiger partial charge on any atom is -0.507 e. The van der Waals surface area contributed by atoms with Crippen molar-refractivity contribution >= 4 is 17.5 Å². The Hall–Kier alpha value is -4.98. The SMILES string of the molecule is COc1ccc(C[n+]2ccc(CCCc3c(C(N)=O)cc(O)c4c3C(=O)c3cccc(O)c3C4=O)cc2)cc1. The first kappa shape index (κ1) is 25.7. The molecule has 8 nitrogen and oxygen atoms in total. The Kier molecular flexibility index (Phi) is 6.85. The second-order valence-electron chi connectivity index (χ2n) is 9.47. The Morgan fingerprint density at radius 3 is 2.23 bits per heavy atom. The predicted octanol–water partition coefficient (Wildman–Crippen LogP) is 3.49. The number of aryl methyl sites for hydroxylation is 1. The molecule has 0 fully saturated rings. The number of nitrogens with two attached hydrogens (primary N) is 1. The summed E-state index contributed by atoms with van der Waals surface area (Å²) in [7, 11) is 1.63. The zero-order chi connectivity index (χ0) is 27.7. The fourth-order valence-corrected chi connectivity index (χ4v) is 5.07. The second-order valence-corrected chi connectivity index (χ2v) is 9.47. The summed E-state index contributed by atoms with van der Waals surface area (Å²) < 4.78 is 7.26. The van der Waals surface area contributed by atoms with E-state index in [9.17, 15) is 24.6 Å². The molecule has 0 atom stereocenters. The van der Waals surface area contributed by atoms with E-state index >= 15 is 0 Å². The lowest BCUT2D eigenvalue weighted by Crippen LogP contribution is -2.33. The van der Waals surface area contributed by atoms with Gasteiger partial charge < -0.3 is 20.7 Å². The molecule has 1 aromatic heterocycles. The standard InChI is InChI=1S/C31H26N2O6/c1-39-20-10-8-19(9-11-20)17-33-14-12-18(13-15-33)4-2-5-21-23(31(32)38)16-25(35)28-27(21)29(36)22-6-3-7-24(34)26(22)30(28)37/h3,6-16H,2,4-5,17H2,1H3,(H3-,32,34,35,37,38)/p+1. The number of phenols is 2. The normalized spacial score (nSPS) is 12.1. The van der Waals surface area contributed by atoms with Gasteiger partial charge in [0.1, 0.15) is 17.2 Å². The number of carbonyl (C=O) groups is 3. The molecule has 0 aliphatic heterocycles. The highest BCUT2D eigenvalue weighted by Gasteiger charge is 2.37. The second kappa shape index (κ2) is 10.4. The molecule has 1 aliphatic carbocycles. The number of carbonyl (C=O) groups excluding carboxylic acids is 3. The minimum atomic E-state index is -0.802. The molecule has 0 bridgehead atoms. The number of pyridine rings is 1. The van der Waals surface area contributed by atoms with Crippen molar-refractivity contribution in [3.8, 4) is 17.2 Å². The van der Waals surface area contributed by atoms with Gasteiger partial charge in [-0.25, -0.2) is 4.57 Å². The number of aromatic nitrogens is 1. The van der Waals surface area contributed by atoms with Gasteiger partial charge >= 0.3 is 0 Å². The molecule has 0 saturated heterocycles. The molecule has 1 heterocycles. The zero-order valence-electron chi connectivity index (χ0n) is 21.3. The molecular formula is C31H27N2O6+. The first-order valence-electron chi connectivity index (χ1n) is 12.5. The largest absolute Gasteiger partial charge is 0.507 e. The summed E-state index contributed by atoms with van der Waals surface area (Å²) in [6.45, 7) is 0.707. The quantitative estimate of drug-likeness (QED) is 0.267. The first-order chi connectivity index (χ1) is 18.8. The number of hydrogen-bond acceptors (Lipinski definition) is 6. The minimum absolute atomic E-state index is 0.00129. The van der Waals surface area contributed by atoms with Crippen molar-refractivity contribution in [3.63, 3.8) is 0 Å². The van der Waals surface area contributed by atoms with E-state index in [2.05, 4.69) is 4.57 Å². The van der Waals surface area contributed by atoms with E-state index in [0.29, 0.717) is 24.9 Å². The molecular weight excluding hydrogens is 496 g/mol. The maximum atomic E-state index is 13.5. The summed E-state index contributed by atoms with van der Waals surface area (Å²) in [5, 5.41) is 20.8. The number of ether oxygens (including phenoxy) is 1. The number of nitrogens with zero attached hydrogens (tertiary/aromatic N) is 1. The number of phenolic OH excluding ortho intramolecular Hbond substituents is 2. The summed E-state index contributed by atoms with van der Waals surface area (Å²) in [6.07, 6.45) is 5.48. The van der Waals surface area contributed by atoms with Crippen molar-refractivity contribution in [3.05, 3.63) is 118 Å². The van der Waals surface area contributed by atoms with Crippen LogP contribution in [0.15, 0.2) is 73.1 Å². The molecule has 8 heteroatoms. The van der Waals surface area contributed by atoms with Gasteiger partial charge in [-0.05, 0) is 66.8 Å². The van der Waals surface area contributed by atoms with Crippen molar-refractivity contribution in [2.45, 2.75) is 25.8 Å². The summed E-state index contributed by atoms with van der Waals surface area (Å²) in [6, 6.07) is 17.3. The van der Waals surface area contributed by atoms with Gasteiger partial charge in [0.15, 0.2) is 24.7 Å². The Balaban J connectivity index is 1.37. The number of fused-ring (bicyclic) bond motifs is 2. The third-order valence-corrected chi connectivity index (χ3v) is 7.02. The first-order valence-corrected chi connectivity index (χ1v) is 12.5. The van der Waals surface area contributed by atoms with E-state index in [0.717, 1.165) is 22.9 Å². The third kappa shape index (κ3) is 4.84. The molecule has 0 unspecified atom stereocenters. The number of benzene rings is 3. The lowest BCUT2D eigenvalue weighted by atomic mass is 9.78. The Morgan fingerprint density at radius 2 is 1.56 bits per heavy atom. The van der Waals surface area contributed by atoms with Crippen molar-refractivity contribution in [1.82, 2.24) is 0 Å². The van der Waals surface area contributed by atoms with Crippen LogP contribution in [0.1, 0.15) is 65.3 Å². The summed E-state index contributed by atoms with van der Waals surface area (Å²) in [5.41, 5.74) is 7.75. The number of aromatic hydroxyl groups is 2. The average molecular weight is 524 g/mol. The van der Waals surface area contributed by atoms with E-state index in [4.69, 9.17) is 10.5 Å². The lowest BCUT2D eigenvalue weighted by Gasteiger charge is -2.23. The number of ketones is 2. The highest BCUT2D eigenvalue weighted by molar-refractivity contribution is 6.31. The third-order valence-electron chi connectivity index (χ3n) is 7.02. The molecule has 0 saturated carbocycles. The van der Waals surface area contributed by atoms with Crippen LogP contribution in [0.2, 0.25) is 0 Å². The van der Waals surface area contributed by atoms with Gasteiger partial charge in [-0.1, -0.05) is 12.1 Å². The van der Waals surface area contributed by atoms with Crippen LogP contribution < -0.4 is 15.0 Å². The van der Waals surface area contributed by atoms with Crippen molar-refractivity contribution in [1.29, 1.82) is 0 Å². The number of primary amides is 1. The molecule has 39 heavy (non-hydrogen) atoms. The molecule has 5 rings (SSSR count). The molecule has 0 spiro atoms.